The molecule has 0 spiro atoms. The number of hydrogen-bond acceptors (Lipinski definition) is 4. The number of carboxylic acids is 1. The summed E-state index contributed by atoms with van der Waals surface area (Å²) in [6, 6.07) is 5.57. The highest BCUT2D eigenvalue weighted by molar-refractivity contribution is 5.85. The molecule has 1 unspecified atom stereocenters. The van der Waals surface area contributed by atoms with Crippen LogP contribution in [0.5, 0.6) is 0 Å². The Bertz CT molecular complexity index is 524. The second-order valence-electron chi connectivity index (χ2n) is 4.82. The zero-order chi connectivity index (χ0) is 13.9. The molecule has 0 radical (unpaired) electrons. The van der Waals surface area contributed by atoms with Crippen LogP contribution in [-0.2, 0) is 4.79 Å². The van der Waals surface area contributed by atoms with E-state index < -0.39 is 11.5 Å². The number of aliphatic carboxylic acids is 1. The van der Waals surface area contributed by atoms with E-state index in [2.05, 4.69) is 4.98 Å². The normalized spacial score (nSPS) is 22.2. The van der Waals surface area contributed by atoms with Gasteiger partial charge in [-0.05, 0) is 31.4 Å². The van der Waals surface area contributed by atoms with E-state index >= 15 is 0 Å². The Kier molecular flexibility index (Phi) is 3.70. The van der Waals surface area contributed by atoms with Crippen LogP contribution < -0.4 is 4.90 Å². The molecule has 1 fully saturated rings. The van der Waals surface area contributed by atoms with Crippen molar-refractivity contribution in [3.8, 4) is 6.07 Å². The Morgan fingerprint density at radius 1 is 1.68 bits per heavy atom. The Morgan fingerprint density at radius 2 is 2.47 bits per heavy atom. The fourth-order valence-corrected chi connectivity index (χ4v) is 2.93. The molecule has 1 aromatic heterocycles. The molecule has 0 saturated carbocycles. The summed E-state index contributed by atoms with van der Waals surface area (Å²) in [6.45, 7) is 2.64. The molecule has 1 aliphatic heterocycles. The molecular weight excluding hydrogens is 242 g/mol. The molecule has 100 valence electrons. The number of hydrogen-bond donors (Lipinski definition) is 1. The van der Waals surface area contributed by atoms with Crippen molar-refractivity contribution in [2.45, 2.75) is 38.1 Å². The monoisotopic (exact) mass is 259 g/mol. The molecular formula is C14H17N3O2. The largest absolute Gasteiger partial charge is 0.479 e. The highest BCUT2D eigenvalue weighted by Crippen LogP contribution is 2.38. The van der Waals surface area contributed by atoms with Crippen LogP contribution in [-0.4, -0.2) is 28.1 Å². The lowest BCUT2D eigenvalue weighted by atomic mass is 9.90. The number of carbonyl (C=O) groups is 1. The summed E-state index contributed by atoms with van der Waals surface area (Å²) < 4.78 is 0. The molecule has 5 heteroatoms. The Labute approximate surface area is 112 Å². The topological polar surface area (TPSA) is 77.2 Å². The molecule has 2 heterocycles. The van der Waals surface area contributed by atoms with Gasteiger partial charge in [-0.25, -0.2) is 9.78 Å². The molecule has 0 aromatic carbocycles. The van der Waals surface area contributed by atoms with E-state index in [1.165, 1.54) is 0 Å². The van der Waals surface area contributed by atoms with Crippen LogP contribution in [0.4, 0.5) is 5.69 Å². The average Bonchev–Trinajstić information content (AvgIpc) is 2.84. The zero-order valence-corrected chi connectivity index (χ0v) is 11.0. The lowest BCUT2D eigenvalue weighted by Crippen LogP contribution is -2.51. The second kappa shape index (κ2) is 5.27. The summed E-state index contributed by atoms with van der Waals surface area (Å²) in [5.74, 6) is -0.806. The summed E-state index contributed by atoms with van der Waals surface area (Å²) in [4.78, 5) is 17.6. The predicted octanol–water partition coefficient (Wildman–Crippen LogP) is 2.18. The number of carboxylic acid groups (broad SMARTS) is 1. The first-order valence-electron chi connectivity index (χ1n) is 6.52. The molecule has 0 aliphatic carbocycles. The average molecular weight is 259 g/mol. The summed E-state index contributed by atoms with van der Waals surface area (Å²) in [6.07, 6.45) is 4.38. The number of pyridine rings is 1. The summed E-state index contributed by atoms with van der Waals surface area (Å²) in [7, 11) is 0. The second-order valence-corrected chi connectivity index (χ2v) is 4.82. The molecule has 1 aromatic rings. The molecule has 1 saturated heterocycles. The predicted molar refractivity (Wildman–Crippen MR) is 70.8 cm³/mol. The molecule has 0 amide bonds. The first-order chi connectivity index (χ1) is 9.15. The molecule has 2 rings (SSSR count). The van der Waals surface area contributed by atoms with Gasteiger partial charge in [0.1, 0.15) is 11.6 Å². The Hall–Kier alpha value is -2.09. The first-order valence-corrected chi connectivity index (χ1v) is 6.52. The van der Waals surface area contributed by atoms with Crippen LogP contribution in [0.15, 0.2) is 18.3 Å². The molecule has 1 aliphatic rings. The van der Waals surface area contributed by atoms with Gasteiger partial charge in [-0.3, -0.25) is 0 Å². The van der Waals surface area contributed by atoms with Gasteiger partial charge in [0, 0.05) is 12.7 Å². The minimum Gasteiger partial charge on any atom is -0.479 e. The van der Waals surface area contributed by atoms with Gasteiger partial charge in [0.2, 0.25) is 0 Å². The Morgan fingerprint density at radius 3 is 3.11 bits per heavy atom. The summed E-state index contributed by atoms with van der Waals surface area (Å²) in [5.41, 5.74) is 0.0492. The van der Waals surface area contributed by atoms with Gasteiger partial charge < -0.3 is 10.0 Å². The van der Waals surface area contributed by atoms with Crippen LogP contribution in [0.2, 0.25) is 0 Å². The molecule has 1 atom stereocenters. The van der Waals surface area contributed by atoms with Gasteiger partial charge in [-0.2, -0.15) is 5.26 Å². The lowest BCUT2D eigenvalue weighted by molar-refractivity contribution is -0.143. The number of nitrogens with zero attached hydrogens (tertiary/aromatic N) is 3. The van der Waals surface area contributed by atoms with E-state index in [1.807, 2.05) is 17.9 Å². The van der Waals surface area contributed by atoms with Gasteiger partial charge >= 0.3 is 5.97 Å². The van der Waals surface area contributed by atoms with Crippen molar-refractivity contribution >= 4 is 11.7 Å². The summed E-state index contributed by atoms with van der Waals surface area (Å²) in [5, 5.41) is 18.8. The number of rotatable bonds is 4. The van der Waals surface area contributed by atoms with E-state index in [1.54, 1.807) is 18.3 Å². The highest BCUT2D eigenvalue weighted by atomic mass is 16.4. The van der Waals surface area contributed by atoms with Crippen molar-refractivity contribution in [1.82, 2.24) is 4.98 Å². The minimum absolute atomic E-state index is 0.297. The quantitative estimate of drug-likeness (QED) is 0.896. The van der Waals surface area contributed by atoms with Crippen molar-refractivity contribution in [3.05, 3.63) is 24.0 Å². The number of anilines is 1. The first kappa shape index (κ1) is 13.3. The molecule has 5 nitrogen and oxygen atoms in total. The van der Waals surface area contributed by atoms with Crippen molar-refractivity contribution in [1.29, 1.82) is 5.26 Å². The fraction of sp³-hybridized carbons (Fsp3) is 0.500. The Balaban J connectivity index is 2.48. The van der Waals surface area contributed by atoms with Gasteiger partial charge in [0.15, 0.2) is 5.69 Å². The standard InChI is InChI=1S/C14H17N3O2/c1-2-6-14(13(18)19)7-4-9-17(14)12-5-3-8-16-11(12)10-15/h3,5,8H,2,4,6-7,9H2,1H3,(H,18,19). The zero-order valence-electron chi connectivity index (χ0n) is 11.0. The summed E-state index contributed by atoms with van der Waals surface area (Å²) >= 11 is 0. The van der Waals surface area contributed by atoms with Crippen LogP contribution in [0.25, 0.3) is 0 Å². The van der Waals surface area contributed by atoms with E-state index in [0.29, 0.717) is 30.8 Å². The van der Waals surface area contributed by atoms with E-state index in [4.69, 9.17) is 5.26 Å². The minimum atomic E-state index is -0.886. The smallest absolute Gasteiger partial charge is 0.329 e. The third kappa shape index (κ3) is 2.14. The van der Waals surface area contributed by atoms with Crippen molar-refractivity contribution < 1.29 is 9.90 Å². The van der Waals surface area contributed by atoms with E-state index in [0.717, 1.165) is 12.8 Å². The fourth-order valence-electron chi connectivity index (χ4n) is 2.93. The van der Waals surface area contributed by atoms with E-state index in [-0.39, 0.29) is 0 Å². The third-order valence-corrected chi connectivity index (χ3v) is 3.73. The maximum absolute atomic E-state index is 11.8. The van der Waals surface area contributed by atoms with Crippen LogP contribution >= 0.6 is 0 Å². The van der Waals surface area contributed by atoms with Crippen molar-refractivity contribution in [2.75, 3.05) is 11.4 Å². The highest BCUT2D eigenvalue weighted by Gasteiger charge is 2.47. The molecule has 0 bridgehead atoms. The van der Waals surface area contributed by atoms with Crippen LogP contribution in [0, 0.1) is 11.3 Å². The molecule has 1 N–H and O–H groups in total. The van der Waals surface area contributed by atoms with E-state index in [9.17, 15) is 9.90 Å². The van der Waals surface area contributed by atoms with Gasteiger partial charge in [0.05, 0.1) is 5.69 Å². The van der Waals surface area contributed by atoms with Gasteiger partial charge in [-0.15, -0.1) is 0 Å². The maximum atomic E-state index is 11.8. The van der Waals surface area contributed by atoms with Crippen LogP contribution in [0.1, 0.15) is 38.3 Å². The number of nitriles is 1. The third-order valence-electron chi connectivity index (χ3n) is 3.73. The van der Waals surface area contributed by atoms with Gasteiger partial charge in [0.25, 0.3) is 0 Å². The van der Waals surface area contributed by atoms with Crippen molar-refractivity contribution in [2.24, 2.45) is 0 Å². The lowest BCUT2D eigenvalue weighted by Gasteiger charge is -2.36. The number of aromatic nitrogens is 1. The molecule has 19 heavy (non-hydrogen) atoms. The van der Waals surface area contributed by atoms with Crippen molar-refractivity contribution in [3.63, 3.8) is 0 Å². The maximum Gasteiger partial charge on any atom is 0.329 e. The van der Waals surface area contributed by atoms with Crippen LogP contribution in [0.3, 0.4) is 0 Å². The van der Waals surface area contributed by atoms with Gasteiger partial charge in [-0.1, -0.05) is 13.3 Å². The SMILES string of the molecule is CCCC1(C(=O)O)CCCN1c1cccnc1C#N.